The maximum atomic E-state index is 13.2. The van der Waals surface area contributed by atoms with E-state index in [0.717, 1.165) is 33.1 Å². The smallest absolute Gasteiger partial charge is 0.274 e. The SMILES string of the molecule is O=c1/c(=C\c2cn(Cc3ccc(Cl)c(Cl)c3)c3ccccc23)sc2nc3ccccc3n12. The van der Waals surface area contributed by atoms with Gasteiger partial charge in [0.25, 0.3) is 5.56 Å². The fourth-order valence-electron chi connectivity index (χ4n) is 4.11. The Morgan fingerprint density at radius 2 is 1.72 bits per heavy atom. The molecule has 6 rings (SSSR count). The molecule has 0 bridgehead atoms. The van der Waals surface area contributed by atoms with Gasteiger partial charge in [-0.25, -0.2) is 9.38 Å². The molecule has 0 saturated carbocycles. The minimum absolute atomic E-state index is 0.0417. The lowest BCUT2D eigenvalue weighted by Gasteiger charge is -2.06. The van der Waals surface area contributed by atoms with Crippen LogP contribution in [0.4, 0.5) is 0 Å². The Kier molecular flexibility index (Phi) is 4.57. The Balaban J connectivity index is 1.51. The van der Waals surface area contributed by atoms with Gasteiger partial charge in [-0.15, -0.1) is 0 Å². The zero-order valence-electron chi connectivity index (χ0n) is 16.6. The second-order valence-electron chi connectivity index (χ2n) is 7.61. The zero-order valence-corrected chi connectivity index (χ0v) is 19.0. The van der Waals surface area contributed by atoms with Crippen LogP contribution in [0.15, 0.2) is 77.7 Å². The van der Waals surface area contributed by atoms with Crippen LogP contribution >= 0.6 is 34.5 Å². The summed E-state index contributed by atoms with van der Waals surface area (Å²) in [6.45, 7) is 0.647. The Labute approximate surface area is 196 Å². The van der Waals surface area contributed by atoms with E-state index < -0.39 is 0 Å². The van der Waals surface area contributed by atoms with Gasteiger partial charge in [-0.05, 0) is 42.0 Å². The largest absolute Gasteiger partial charge is 0.342 e. The van der Waals surface area contributed by atoms with Crippen molar-refractivity contribution in [2.24, 2.45) is 0 Å². The fourth-order valence-corrected chi connectivity index (χ4v) is 5.41. The predicted molar refractivity (Wildman–Crippen MR) is 133 cm³/mol. The van der Waals surface area contributed by atoms with Gasteiger partial charge in [-0.2, -0.15) is 0 Å². The van der Waals surface area contributed by atoms with Crippen LogP contribution in [0.2, 0.25) is 10.0 Å². The lowest BCUT2D eigenvalue weighted by molar-refractivity contribution is 0.836. The highest BCUT2D eigenvalue weighted by atomic mass is 35.5. The van der Waals surface area contributed by atoms with E-state index in [1.54, 1.807) is 4.40 Å². The minimum atomic E-state index is -0.0417. The van der Waals surface area contributed by atoms with E-state index >= 15 is 0 Å². The number of hydrogen-bond acceptors (Lipinski definition) is 3. The van der Waals surface area contributed by atoms with Crippen LogP contribution in [0.25, 0.3) is 33.0 Å². The number of imidazole rings is 1. The molecular weight excluding hydrogens is 461 g/mol. The van der Waals surface area contributed by atoms with Gasteiger partial charge >= 0.3 is 0 Å². The molecule has 0 atom stereocenters. The molecule has 0 aliphatic heterocycles. The van der Waals surface area contributed by atoms with Crippen molar-refractivity contribution >= 4 is 67.5 Å². The lowest BCUT2D eigenvalue weighted by atomic mass is 10.2. The summed E-state index contributed by atoms with van der Waals surface area (Å²) in [4.78, 5) is 18.5. The molecule has 3 heterocycles. The average molecular weight is 476 g/mol. The highest BCUT2D eigenvalue weighted by Gasteiger charge is 2.12. The van der Waals surface area contributed by atoms with Gasteiger partial charge in [0, 0.05) is 29.2 Å². The number of aromatic nitrogens is 3. The van der Waals surface area contributed by atoms with Crippen molar-refractivity contribution in [3.05, 3.63) is 109 Å². The molecule has 6 aromatic rings. The summed E-state index contributed by atoms with van der Waals surface area (Å²) in [5.74, 6) is 0. The molecule has 156 valence electrons. The second-order valence-corrected chi connectivity index (χ2v) is 9.44. The minimum Gasteiger partial charge on any atom is -0.342 e. The van der Waals surface area contributed by atoms with Crippen LogP contribution in [0.1, 0.15) is 11.1 Å². The van der Waals surface area contributed by atoms with Gasteiger partial charge in [-0.1, -0.05) is 70.9 Å². The van der Waals surface area contributed by atoms with E-state index in [1.165, 1.54) is 11.3 Å². The molecule has 0 spiro atoms. The van der Waals surface area contributed by atoms with Gasteiger partial charge < -0.3 is 4.57 Å². The van der Waals surface area contributed by atoms with Crippen LogP contribution < -0.4 is 10.1 Å². The molecule has 0 fully saturated rings. The quantitative estimate of drug-likeness (QED) is 0.326. The summed E-state index contributed by atoms with van der Waals surface area (Å²) < 4.78 is 4.52. The molecule has 3 aromatic carbocycles. The third kappa shape index (κ3) is 3.13. The summed E-state index contributed by atoms with van der Waals surface area (Å²) in [5.41, 5.74) is 4.76. The number of para-hydroxylation sites is 3. The summed E-state index contributed by atoms with van der Waals surface area (Å²) >= 11 is 13.7. The number of hydrogen-bond donors (Lipinski definition) is 0. The highest BCUT2D eigenvalue weighted by molar-refractivity contribution is 7.15. The average Bonchev–Trinajstić information content (AvgIpc) is 3.43. The third-order valence-corrected chi connectivity index (χ3v) is 7.30. The van der Waals surface area contributed by atoms with Crippen molar-refractivity contribution < 1.29 is 0 Å². The molecule has 32 heavy (non-hydrogen) atoms. The first kappa shape index (κ1) is 19.6. The predicted octanol–water partition coefficient (Wildman–Crippen LogP) is 5.77. The van der Waals surface area contributed by atoms with Gasteiger partial charge in [0.05, 0.1) is 25.6 Å². The van der Waals surface area contributed by atoms with Gasteiger partial charge in [0.2, 0.25) is 0 Å². The van der Waals surface area contributed by atoms with Crippen LogP contribution in [-0.4, -0.2) is 14.0 Å². The van der Waals surface area contributed by atoms with Gasteiger partial charge in [-0.3, -0.25) is 4.79 Å². The van der Waals surface area contributed by atoms with E-state index in [0.29, 0.717) is 26.1 Å². The number of thiazole rings is 1. The molecule has 0 amide bonds. The van der Waals surface area contributed by atoms with Crippen LogP contribution in [-0.2, 0) is 6.54 Å². The molecule has 4 nitrogen and oxygen atoms in total. The van der Waals surface area contributed by atoms with Crippen molar-refractivity contribution in [1.29, 1.82) is 0 Å². The number of rotatable bonds is 3. The first-order valence-electron chi connectivity index (χ1n) is 10.0. The van der Waals surface area contributed by atoms with Crippen LogP contribution in [0, 0.1) is 0 Å². The maximum absolute atomic E-state index is 13.2. The molecule has 0 N–H and O–H groups in total. The lowest BCUT2D eigenvalue weighted by Crippen LogP contribution is -2.22. The van der Waals surface area contributed by atoms with Crippen molar-refractivity contribution in [2.45, 2.75) is 6.54 Å². The van der Waals surface area contributed by atoms with E-state index in [1.807, 2.05) is 60.7 Å². The number of fused-ring (bicyclic) bond motifs is 4. The van der Waals surface area contributed by atoms with Crippen LogP contribution in [0.3, 0.4) is 0 Å². The number of nitrogens with zero attached hydrogens (tertiary/aromatic N) is 3. The van der Waals surface area contributed by atoms with Crippen molar-refractivity contribution in [1.82, 2.24) is 14.0 Å². The molecule has 0 aliphatic carbocycles. The summed E-state index contributed by atoms with van der Waals surface area (Å²) in [6.07, 6.45) is 4.04. The van der Waals surface area contributed by atoms with E-state index in [2.05, 4.69) is 27.9 Å². The fraction of sp³-hybridized carbons (Fsp3) is 0.0400. The Hall–Kier alpha value is -3.12. The van der Waals surface area contributed by atoms with E-state index in [4.69, 9.17) is 23.2 Å². The zero-order chi connectivity index (χ0) is 21.8. The molecule has 0 saturated heterocycles. The van der Waals surface area contributed by atoms with Gasteiger partial charge in [0.1, 0.15) is 0 Å². The summed E-state index contributed by atoms with van der Waals surface area (Å²) in [5, 5.41) is 2.17. The van der Waals surface area contributed by atoms with Gasteiger partial charge in [0.15, 0.2) is 4.96 Å². The summed E-state index contributed by atoms with van der Waals surface area (Å²) in [7, 11) is 0. The molecular formula is C25H15Cl2N3OS. The molecule has 0 aliphatic rings. The second kappa shape index (κ2) is 7.48. The Bertz CT molecular complexity index is 1760. The molecule has 7 heteroatoms. The third-order valence-electron chi connectivity index (χ3n) is 5.59. The molecule has 3 aromatic heterocycles. The monoisotopic (exact) mass is 475 g/mol. The number of halogens is 2. The van der Waals surface area contributed by atoms with E-state index in [-0.39, 0.29) is 5.56 Å². The highest BCUT2D eigenvalue weighted by Crippen LogP contribution is 2.26. The number of benzene rings is 3. The topological polar surface area (TPSA) is 39.3 Å². The summed E-state index contributed by atoms with van der Waals surface area (Å²) in [6, 6.07) is 21.6. The first-order valence-corrected chi connectivity index (χ1v) is 11.6. The van der Waals surface area contributed by atoms with E-state index in [9.17, 15) is 4.79 Å². The van der Waals surface area contributed by atoms with Crippen molar-refractivity contribution in [3.8, 4) is 0 Å². The normalized spacial score (nSPS) is 12.5. The molecule has 0 unspecified atom stereocenters. The Morgan fingerprint density at radius 3 is 2.56 bits per heavy atom. The van der Waals surface area contributed by atoms with Crippen molar-refractivity contribution in [2.75, 3.05) is 0 Å². The molecule has 0 radical (unpaired) electrons. The maximum Gasteiger partial charge on any atom is 0.274 e. The van der Waals surface area contributed by atoms with Crippen molar-refractivity contribution in [3.63, 3.8) is 0 Å². The first-order chi connectivity index (χ1) is 15.6. The van der Waals surface area contributed by atoms with Crippen LogP contribution in [0.5, 0.6) is 0 Å². The Morgan fingerprint density at radius 1 is 0.938 bits per heavy atom. The standard InChI is InChI=1S/C25H15Cl2N3OS/c26-18-10-9-15(11-19(18)27)13-29-14-16(17-5-1-3-7-21(17)29)12-23-24(31)30-22-8-4-2-6-20(22)28-25(30)32-23/h1-12,14H,13H2/b23-12+.